The number of carbonyl (C=O) groups excluding carboxylic acids is 1. The summed E-state index contributed by atoms with van der Waals surface area (Å²) >= 11 is 1.70. The zero-order chi connectivity index (χ0) is 14.7. The highest BCUT2D eigenvalue weighted by molar-refractivity contribution is 7.09. The van der Waals surface area contributed by atoms with E-state index in [0.29, 0.717) is 6.54 Å². The van der Waals surface area contributed by atoms with Gasteiger partial charge in [0.05, 0.1) is 12.6 Å². The molecule has 21 heavy (non-hydrogen) atoms. The Labute approximate surface area is 129 Å². The van der Waals surface area contributed by atoms with Gasteiger partial charge >= 0.3 is 0 Å². The van der Waals surface area contributed by atoms with Gasteiger partial charge in [-0.05, 0) is 35.9 Å². The molecule has 0 saturated carbocycles. The van der Waals surface area contributed by atoms with Gasteiger partial charge in [0.1, 0.15) is 0 Å². The van der Waals surface area contributed by atoms with Crippen molar-refractivity contribution in [3.8, 4) is 0 Å². The molecule has 1 aromatic carbocycles. The molecule has 0 saturated heterocycles. The lowest BCUT2D eigenvalue weighted by molar-refractivity contribution is -0.134. The number of nitrogens with zero attached hydrogens (tertiary/aromatic N) is 1. The van der Waals surface area contributed by atoms with Crippen molar-refractivity contribution in [3.05, 3.63) is 57.8 Å². The number of benzene rings is 1. The largest absolute Gasteiger partial charge is 0.336 e. The normalized spacial score (nSPS) is 17.3. The van der Waals surface area contributed by atoms with Crippen LogP contribution in [0.5, 0.6) is 0 Å². The fraction of sp³-hybridized carbons (Fsp3) is 0.353. The van der Waals surface area contributed by atoms with E-state index in [1.54, 1.807) is 11.3 Å². The molecule has 0 bridgehead atoms. The molecular weight excluding hydrogens is 280 g/mol. The second-order valence-corrected chi connectivity index (χ2v) is 6.37. The summed E-state index contributed by atoms with van der Waals surface area (Å²) in [7, 11) is 0. The average molecular weight is 300 g/mol. The number of fused-ring (bicyclic) bond motifs is 1. The molecule has 1 atom stereocenters. The molecule has 3 rings (SSSR count). The van der Waals surface area contributed by atoms with E-state index in [4.69, 9.17) is 0 Å². The average Bonchev–Trinajstić information content (AvgIpc) is 3.04. The Hall–Kier alpha value is -1.65. The SMILES string of the molecule is CCN(Cc1cccs1)C(=O)[C@H]1Cc2ccccc2CN1. The van der Waals surface area contributed by atoms with Gasteiger partial charge in [-0.3, -0.25) is 4.79 Å². The van der Waals surface area contributed by atoms with Crippen molar-refractivity contribution >= 4 is 17.2 Å². The van der Waals surface area contributed by atoms with Crippen molar-refractivity contribution in [3.63, 3.8) is 0 Å². The quantitative estimate of drug-likeness (QED) is 0.941. The zero-order valence-electron chi connectivity index (χ0n) is 12.2. The molecule has 1 N–H and O–H groups in total. The van der Waals surface area contributed by atoms with E-state index in [1.807, 2.05) is 17.9 Å². The predicted octanol–water partition coefficient (Wildman–Crippen LogP) is 2.81. The molecule has 3 nitrogen and oxygen atoms in total. The van der Waals surface area contributed by atoms with Gasteiger partial charge in [0, 0.05) is 18.0 Å². The molecule has 0 fully saturated rings. The van der Waals surface area contributed by atoms with Gasteiger partial charge in [-0.25, -0.2) is 0 Å². The minimum atomic E-state index is -0.0974. The van der Waals surface area contributed by atoms with Gasteiger partial charge in [0.2, 0.25) is 5.91 Å². The molecule has 4 heteroatoms. The maximum atomic E-state index is 12.7. The summed E-state index contributed by atoms with van der Waals surface area (Å²) in [6.45, 7) is 4.29. The van der Waals surface area contributed by atoms with Crippen LogP contribution in [0.15, 0.2) is 41.8 Å². The van der Waals surface area contributed by atoms with Crippen LogP contribution >= 0.6 is 11.3 Å². The number of thiophene rings is 1. The summed E-state index contributed by atoms with van der Waals surface area (Å²) in [4.78, 5) is 15.9. The highest BCUT2D eigenvalue weighted by Gasteiger charge is 2.27. The Kier molecular flexibility index (Phi) is 4.36. The summed E-state index contributed by atoms with van der Waals surface area (Å²) in [5.74, 6) is 0.209. The number of rotatable bonds is 4. The zero-order valence-corrected chi connectivity index (χ0v) is 13.0. The molecule has 1 amide bonds. The maximum absolute atomic E-state index is 12.7. The van der Waals surface area contributed by atoms with E-state index in [0.717, 1.165) is 19.5 Å². The van der Waals surface area contributed by atoms with E-state index >= 15 is 0 Å². The molecule has 1 aliphatic heterocycles. The third kappa shape index (κ3) is 3.17. The highest BCUT2D eigenvalue weighted by Crippen LogP contribution is 2.19. The lowest BCUT2D eigenvalue weighted by Crippen LogP contribution is -2.49. The molecule has 0 radical (unpaired) electrons. The fourth-order valence-electron chi connectivity index (χ4n) is 2.79. The third-order valence-corrected chi connectivity index (χ3v) is 4.86. The topological polar surface area (TPSA) is 32.3 Å². The number of hydrogen-bond donors (Lipinski definition) is 1. The minimum absolute atomic E-state index is 0.0974. The number of carbonyl (C=O) groups is 1. The van der Waals surface area contributed by atoms with Gasteiger partial charge in [-0.15, -0.1) is 11.3 Å². The van der Waals surface area contributed by atoms with Crippen LogP contribution in [0.25, 0.3) is 0 Å². The first-order chi connectivity index (χ1) is 10.3. The van der Waals surface area contributed by atoms with Gasteiger partial charge in [0.25, 0.3) is 0 Å². The smallest absolute Gasteiger partial charge is 0.240 e. The first-order valence-corrected chi connectivity index (χ1v) is 8.27. The van der Waals surface area contributed by atoms with Crippen LogP contribution in [0.2, 0.25) is 0 Å². The van der Waals surface area contributed by atoms with Gasteiger partial charge in [-0.1, -0.05) is 30.3 Å². The van der Waals surface area contributed by atoms with Crippen molar-refractivity contribution < 1.29 is 4.79 Å². The van der Waals surface area contributed by atoms with Crippen LogP contribution in [0.1, 0.15) is 22.9 Å². The lowest BCUT2D eigenvalue weighted by atomic mass is 9.95. The van der Waals surface area contributed by atoms with Gasteiger partial charge in [0.15, 0.2) is 0 Å². The van der Waals surface area contributed by atoms with Crippen LogP contribution in [0.3, 0.4) is 0 Å². The number of nitrogens with one attached hydrogen (secondary N) is 1. The Bertz CT molecular complexity index is 609. The van der Waals surface area contributed by atoms with E-state index in [1.165, 1.54) is 16.0 Å². The second-order valence-electron chi connectivity index (χ2n) is 5.34. The van der Waals surface area contributed by atoms with Crippen LogP contribution in [0, 0.1) is 0 Å². The molecule has 0 spiro atoms. The Balaban J connectivity index is 1.70. The van der Waals surface area contributed by atoms with Crippen LogP contribution < -0.4 is 5.32 Å². The van der Waals surface area contributed by atoms with E-state index in [-0.39, 0.29) is 11.9 Å². The van der Waals surface area contributed by atoms with Crippen LogP contribution in [-0.2, 0) is 24.3 Å². The molecule has 2 aromatic rings. The molecule has 0 unspecified atom stereocenters. The van der Waals surface area contributed by atoms with Crippen molar-refractivity contribution in [2.45, 2.75) is 32.5 Å². The van der Waals surface area contributed by atoms with E-state index in [9.17, 15) is 4.79 Å². The molecule has 2 heterocycles. The Morgan fingerprint density at radius 1 is 1.29 bits per heavy atom. The standard InChI is InChI=1S/C17H20N2OS/c1-2-19(12-15-8-5-9-21-15)17(20)16-10-13-6-3-4-7-14(13)11-18-16/h3-9,16,18H,2,10-12H2,1H3/t16-/m1/s1. The van der Waals surface area contributed by atoms with Crippen molar-refractivity contribution in [2.24, 2.45) is 0 Å². The lowest BCUT2D eigenvalue weighted by Gasteiger charge is -2.30. The van der Waals surface area contributed by atoms with Gasteiger partial charge < -0.3 is 10.2 Å². The van der Waals surface area contributed by atoms with Crippen molar-refractivity contribution in [2.75, 3.05) is 6.54 Å². The minimum Gasteiger partial charge on any atom is -0.336 e. The van der Waals surface area contributed by atoms with Gasteiger partial charge in [-0.2, -0.15) is 0 Å². The highest BCUT2D eigenvalue weighted by atomic mass is 32.1. The molecular formula is C17H20N2OS. The maximum Gasteiger partial charge on any atom is 0.240 e. The molecule has 0 aliphatic carbocycles. The Morgan fingerprint density at radius 2 is 2.10 bits per heavy atom. The molecule has 1 aromatic heterocycles. The summed E-state index contributed by atoms with van der Waals surface area (Å²) in [6.07, 6.45) is 0.788. The number of amides is 1. The monoisotopic (exact) mass is 300 g/mol. The van der Waals surface area contributed by atoms with E-state index in [2.05, 4.69) is 41.0 Å². The van der Waals surface area contributed by atoms with Crippen molar-refractivity contribution in [1.82, 2.24) is 10.2 Å². The number of hydrogen-bond acceptors (Lipinski definition) is 3. The molecule has 110 valence electrons. The van der Waals surface area contributed by atoms with E-state index < -0.39 is 0 Å². The van der Waals surface area contributed by atoms with Crippen LogP contribution in [-0.4, -0.2) is 23.4 Å². The summed E-state index contributed by atoms with van der Waals surface area (Å²) < 4.78 is 0. The Morgan fingerprint density at radius 3 is 2.81 bits per heavy atom. The first kappa shape index (κ1) is 14.3. The first-order valence-electron chi connectivity index (χ1n) is 7.39. The van der Waals surface area contributed by atoms with Crippen molar-refractivity contribution in [1.29, 1.82) is 0 Å². The second kappa shape index (κ2) is 6.41. The van der Waals surface area contributed by atoms with Crippen LogP contribution in [0.4, 0.5) is 0 Å². The predicted molar refractivity (Wildman–Crippen MR) is 86.2 cm³/mol. The summed E-state index contributed by atoms with van der Waals surface area (Å²) in [5, 5.41) is 5.44. The molecule has 1 aliphatic rings. The third-order valence-electron chi connectivity index (χ3n) is 4.00. The summed E-state index contributed by atoms with van der Waals surface area (Å²) in [6, 6.07) is 12.4. The number of likely N-dealkylation sites (N-methyl/N-ethyl adjacent to an activating group) is 1. The fourth-order valence-corrected chi connectivity index (χ4v) is 3.50. The summed E-state index contributed by atoms with van der Waals surface area (Å²) in [5.41, 5.74) is 2.60.